The van der Waals surface area contributed by atoms with Gasteiger partial charge in [-0.25, -0.2) is 0 Å². The molecule has 2 heterocycles. The first-order chi connectivity index (χ1) is 9.61. The Hall–Kier alpha value is -1.43. The Morgan fingerprint density at radius 1 is 1.35 bits per heavy atom. The summed E-state index contributed by atoms with van der Waals surface area (Å²) >= 11 is 13.6. The number of carbonyl (C=O) groups is 1. The largest absolute Gasteiger partial charge is 0.482 e. The molecule has 1 aromatic carbocycles. The van der Waals surface area contributed by atoms with Crippen molar-refractivity contribution in [2.45, 2.75) is 6.54 Å². The van der Waals surface area contributed by atoms with Gasteiger partial charge in [0.15, 0.2) is 6.61 Å². The van der Waals surface area contributed by atoms with E-state index in [9.17, 15) is 4.79 Å². The molecule has 0 unspecified atom stereocenters. The van der Waals surface area contributed by atoms with Crippen molar-refractivity contribution in [1.82, 2.24) is 0 Å². The molecule has 2 N–H and O–H groups in total. The first kappa shape index (κ1) is 13.5. The van der Waals surface area contributed by atoms with Crippen molar-refractivity contribution in [3.63, 3.8) is 0 Å². The Bertz CT molecular complexity index is 672. The summed E-state index contributed by atoms with van der Waals surface area (Å²) in [7, 11) is 0. The van der Waals surface area contributed by atoms with Gasteiger partial charge in [0.1, 0.15) is 5.75 Å². The summed E-state index contributed by atoms with van der Waals surface area (Å²) in [5, 5.41) is 9.08. The van der Waals surface area contributed by atoms with Crippen molar-refractivity contribution in [2.75, 3.05) is 17.2 Å². The minimum absolute atomic E-state index is 0.0224. The average Bonchev–Trinajstić information content (AvgIpc) is 2.82. The van der Waals surface area contributed by atoms with Crippen molar-refractivity contribution < 1.29 is 9.53 Å². The number of fused-ring (bicyclic) bond motifs is 1. The zero-order valence-electron chi connectivity index (χ0n) is 10.2. The molecule has 2 aromatic rings. The van der Waals surface area contributed by atoms with Gasteiger partial charge >= 0.3 is 0 Å². The van der Waals surface area contributed by atoms with Gasteiger partial charge in [-0.05, 0) is 12.1 Å². The summed E-state index contributed by atoms with van der Waals surface area (Å²) in [5.41, 5.74) is 1.35. The highest BCUT2D eigenvalue weighted by molar-refractivity contribution is 7.10. The number of ether oxygens (including phenoxy) is 1. The molecule has 1 aromatic heterocycles. The third kappa shape index (κ3) is 2.85. The van der Waals surface area contributed by atoms with Crippen LogP contribution in [0.15, 0.2) is 23.6 Å². The smallest absolute Gasteiger partial charge is 0.262 e. The lowest BCUT2D eigenvalue weighted by atomic mass is 10.2. The molecule has 0 bridgehead atoms. The molecule has 0 spiro atoms. The van der Waals surface area contributed by atoms with Gasteiger partial charge in [-0.1, -0.05) is 23.2 Å². The molecule has 3 rings (SSSR count). The molecule has 1 aliphatic heterocycles. The van der Waals surface area contributed by atoms with E-state index in [1.807, 2.05) is 11.4 Å². The standard InChI is InChI=1S/C13H10Cl2N2O2S/c14-7-1-8(20-6-7)4-16-10-3-12-11(2-9(10)15)17-13(18)5-19-12/h1-3,6,16H,4-5H2,(H,17,18). The van der Waals surface area contributed by atoms with Crippen LogP contribution in [0.2, 0.25) is 10.0 Å². The van der Waals surface area contributed by atoms with E-state index in [4.69, 9.17) is 27.9 Å². The van der Waals surface area contributed by atoms with E-state index in [2.05, 4.69) is 10.6 Å². The Morgan fingerprint density at radius 3 is 2.95 bits per heavy atom. The summed E-state index contributed by atoms with van der Waals surface area (Å²) < 4.78 is 5.36. The Balaban J connectivity index is 1.78. The van der Waals surface area contributed by atoms with Crippen LogP contribution in [-0.2, 0) is 11.3 Å². The molecule has 1 aliphatic rings. The van der Waals surface area contributed by atoms with Crippen LogP contribution in [0.25, 0.3) is 0 Å². The minimum Gasteiger partial charge on any atom is -0.482 e. The SMILES string of the molecule is O=C1COc2cc(NCc3cc(Cl)cs3)c(Cl)cc2N1. The lowest BCUT2D eigenvalue weighted by Gasteiger charge is -2.19. The van der Waals surface area contributed by atoms with Crippen LogP contribution in [0.5, 0.6) is 5.75 Å². The van der Waals surface area contributed by atoms with Crippen LogP contribution >= 0.6 is 34.5 Å². The summed E-state index contributed by atoms with van der Waals surface area (Å²) in [5.74, 6) is 0.434. The number of hydrogen-bond acceptors (Lipinski definition) is 4. The number of rotatable bonds is 3. The van der Waals surface area contributed by atoms with Gasteiger partial charge in [0.05, 0.1) is 21.4 Å². The van der Waals surface area contributed by atoms with Gasteiger partial charge in [-0.3, -0.25) is 4.79 Å². The summed E-state index contributed by atoms with van der Waals surface area (Å²) in [6.07, 6.45) is 0. The maximum absolute atomic E-state index is 11.2. The molecule has 0 radical (unpaired) electrons. The molecule has 4 nitrogen and oxygen atoms in total. The van der Waals surface area contributed by atoms with Crippen molar-refractivity contribution in [3.8, 4) is 5.75 Å². The molecule has 0 saturated heterocycles. The molecule has 0 saturated carbocycles. The predicted molar refractivity (Wildman–Crippen MR) is 82.2 cm³/mol. The maximum atomic E-state index is 11.2. The molecule has 104 valence electrons. The van der Waals surface area contributed by atoms with Crippen molar-refractivity contribution in [3.05, 3.63) is 38.5 Å². The van der Waals surface area contributed by atoms with E-state index in [1.54, 1.807) is 23.5 Å². The predicted octanol–water partition coefficient (Wildman–Crippen LogP) is 4.00. The molecule has 0 fully saturated rings. The zero-order chi connectivity index (χ0) is 14.1. The number of halogens is 2. The number of thiophene rings is 1. The van der Waals surface area contributed by atoms with E-state index in [0.717, 1.165) is 15.6 Å². The van der Waals surface area contributed by atoms with Crippen LogP contribution in [0.3, 0.4) is 0 Å². The van der Waals surface area contributed by atoms with Crippen LogP contribution in [0, 0.1) is 0 Å². The fourth-order valence-electron chi connectivity index (χ4n) is 1.86. The van der Waals surface area contributed by atoms with E-state index in [0.29, 0.717) is 23.0 Å². The number of nitrogens with one attached hydrogen (secondary N) is 2. The van der Waals surface area contributed by atoms with Crippen LogP contribution in [0.1, 0.15) is 4.88 Å². The average molecular weight is 329 g/mol. The quantitative estimate of drug-likeness (QED) is 0.895. The van der Waals surface area contributed by atoms with Gasteiger partial charge in [-0.2, -0.15) is 0 Å². The Kier molecular flexibility index (Phi) is 3.74. The van der Waals surface area contributed by atoms with Crippen LogP contribution in [-0.4, -0.2) is 12.5 Å². The van der Waals surface area contributed by atoms with E-state index in [-0.39, 0.29) is 12.5 Å². The fourth-order valence-corrected chi connectivity index (χ4v) is 3.11. The summed E-state index contributed by atoms with van der Waals surface area (Å²) in [6, 6.07) is 5.37. The second-order valence-electron chi connectivity index (χ2n) is 4.25. The number of benzene rings is 1. The lowest BCUT2D eigenvalue weighted by molar-refractivity contribution is -0.118. The van der Waals surface area contributed by atoms with Gasteiger partial charge in [-0.15, -0.1) is 11.3 Å². The number of carbonyl (C=O) groups excluding carboxylic acids is 1. The second-order valence-corrected chi connectivity index (χ2v) is 6.09. The second kappa shape index (κ2) is 5.52. The fraction of sp³-hybridized carbons (Fsp3) is 0.154. The lowest BCUT2D eigenvalue weighted by Crippen LogP contribution is -2.25. The molecule has 1 amide bonds. The van der Waals surface area contributed by atoms with E-state index in [1.165, 1.54) is 0 Å². The third-order valence-corrected chi connectivity index (χ3v) is 4.37. The van der Waals surface area contributed by atoms with Gasteiger partial charge in [0.25, 0.3) is 5.91 Å². The molecule has 0 atom stereocenters. The van der Waals surface area contributed by atoms with Gasteiger partial charge in [0.2, 0.25) is 0 Å². The molecule has 20 heavy (non-hydrogen) atoms. The molecule has 7 heteroatoms. The van der Waals surface area contributed by atoms with Crippen molar-refractivity contribution in [1.29, 1.82) is 0 Å². The van der Waals surface area contributed by atoms with Gasteiger partial charge < -0.3 is 15.4 Å². The van der Waals surface area contributed by atoms with E-state index < -0.39 is 0 Å². The number of amides is 1. The highest BCUT2D eigenvalue weighted by Crippen LogP contribution is 2.36. The first-order valence-corrected chi connectivity index (χ1v) is 7.48. The van der Waals surface area contributed by atoms with Crippen LogP contribution < -0.4 is 15.4 Å². The molecular weight excluding hydrogens is 319 g/mol. The maximum Gasteiger partial charge on any atom is 0.262 e. The number of anilines is 2. The van der Waals surface area contributed by atoms with Crippen molar-refractivity contribution >= 4 is 51.8 Å². The number of hydrogen-bond donors (Lipinski definition) is 2. The molecule has 0 aliphatic carbocycles. The van der Waals surface area contributed by atoms with Crippen LogP contribution in [0.4, 0.5) is 11.4 Å². The Morgan fingerprint density at radius 2 is 2.20 bits per heavy atom. The normalized spacial score (nSPS) is 13.4. The highest BCUT2D eigenvalue weighted by Gasteiger charge is 2.18. The zero-order valence-corrected chi connectivity index (χ0v) is 12.5. The summed E-state index contributed by atoms with van der Waals surface area (Å²) in [6.45, 7) is 0.650. The highest BCUT2D eigenvalue weighted by atomic mass is 35.5. The summed E-state index contributed by atoms with van der Waals surface area (Å²) in [4.78, 5) is 12.3. The minimum atomic E-state index is -0.178. The third-order valence-electron chi connectivity index (χ3n) is 2.78. The van der Waals surface area contributed by atoms with Gasteiger partial charge in [0, 0.05) is 22.9 Å². The van der Waals surface area contributed by atoms with E-state index >= 15 is 0 Å². The monoisotopic (exact) mass is 328 g/mol. The Labute approximate surface area is 129 Å². The van der Waals surface area contributed by atoms with Crippen molar-refractivity contribution in [2.24, 2.45) is 0 Å². The topological polar surface area (TPSA) is 50.4 Å². The molecular formula is C13H10Cl2N2O2S. The first-order valence-electron chi connectivity index (χ1n) is 5.85.